The summed E-state index contributed by atoms with van der Waals surface area (Å²) in [5.41, 5.74) is 0.609. The van der Waals surface area contributed by atoms with Crippen LogP contribution in [0.15, 0.2) is 22.6 Å². The van der Waals surface area contributed by atoms with Crippen LogP contribution in [0.2, 0.25) is 0 Å². The molecular formula is C13H13FN2O3. The molecule has 0 unspecified atom stereocenters. The summed E-state index contributed by atoms with van der Waals surface area (Å²) in [5, 5.41) is 11.6. The van der Waals surface area contributed by atoms with Crippen LogP contribution in [0.3, 0.4) is 0 Å². The highest BCUT2D eigenvalue weighted by atomic mass is 19.1. The fourth-order valence-corrected chi connectivity index (χ4v) is 1.55. The van der Waals surface area contributed by atoms with E-state index in [-0.39, 0.29) is 17.9 Å². The molecule has 0 radical (unpaired) electrons. The average Bonchev–Trinajstić information content (AvgIpc) is 2.66. The van der Waals surface area contributed by atoms with Gasteiger partial charge in [-0.1, -0.05) is 0 Å². The molecule has 2 rings (SSSR count). The molecule has 2 aromatic rings. The van der Waals surface area contributed by atoms with Gasteiger partial charge in [0.15, 0.2) is 0 Å². The Morgan fingerprint density at radius 1 is 1.47 bits per heavy atom. The van der Waals surface area contributed by atoms with Gasteiger partial charge in [-0.2, -0.15) is 0 Å². The number of carbonyl (C=O) groups is 1. The maximum absolute atomic E-state index is 13.4. The van der Waals surface area contributed by atoms with Crippen LogP contribution >= 0.6 is 0 Å². The van der Waals surface area contributed by atoms with Crippen LogP contribution < -0.4 is 5.32 Å². The lowest BCUT2D eigenvalue weighted by molar-refractivity contribution is 0.0943. The molecule has 19 heavy (non-hydrogen) atoms. The number of amides is 1. The first-order valence-corrected chi connectivity index (χ1v) is 5.67. The van der Waals surface area contributed by atoms with Gasteiger partial charge in [-0.3, -0.25) is 4.79 Å². The van der Waals surface area contributed by atoms with E-state index in [1.54, 1.807) is 13.8 Å². The predicted molar refractivity (Wildman–Crippen MR) is 65.2 cm³/mol. The summed E-state index contributed by atoms with van der Waals surface area (Å²) in [5.74, 6) is -0.557. The predicted octanol–water partition coefficient (Wildman–Crippen LogP) is 2.07. The van der Waals surface area contributed by atoms with E-state index in [1.807, 2.05) is 0 Å². The molecule has 100 valence electrons. The Bertz CT molecular complexity index is 603. The molecule has 0 bridgehead atoms. The zero-order chi connectivity index (χ0) is 14.0. The number of aromatic nitrogens is 1. The van der Waals surface area contributed by atoms with Crippen LogP contribution in [-0.4, -0.2) is 16.0 Å². The number of phenolic OH excluding ortho intramolecular Hbond substituents is 1. The van der Waals surface area contributed by atoms with Crippen molar-refractivity contribution < 1.29 is 18.7 Å². The second-order valence-electron chi connectivity index (χ2n) is 4.10. The molecular weight excluding hydrogens is 251 g/mol. The Hall–Kier alpha value is -2.37. The molecule has 2 N–H and O–H groups in total. The molecule has 0 atom stereocenters. The third-order valence-electron chi connectivity index (χ3n) is 2.67. The van der Waals surface area contributed by atoms with E-state index in [4.69, 9.17) is 9.52 Å². The Morgan fingerprint density at radius 3 is 2.79 bits per heavy atom. The van der Waals surface area contributed by atoms with Gasteiger partial charge in [0.05, 0.1) is 17.8 Å². The van der Waals surface area contributed by atoms with Crippen molar-refractivity contribution in [2.24, 2.45) is 0 Å². The molecule has 5 nitrogen and oxygen atoms in total. The average molecular weight is 264 g/mol. The number of oxazole rings is 1. The maximum Gasteiger partial charge on any atom is 0.254 e. The Balaban J connectivity index is 2.05. The van der Waals surface area contributed by atoms with E-state index in [0.29, 0.717) is 11.7 Å². The van der Waals surface area contributed by atoms with Crippen molar-refractivity contribution in [3.63, 3.8) is 0 Å². The number of aryl methyl sites for hydroxylation is 2. The van der Waals surface area contributed by atoms with Crippen LogP contribution in [0, 0.1) is 19.7 Å². The van der Waals surface area contributed by atoms with Crippen molar-refractivity contribution in [3.05, 3.63) is 46.9 Å². The zero-order valence-corrected chi connectivity index (χ0v) is 10.5. The molecule has 1 amide bonds. The third-order valence-corrected chi connectivity index (χ3v) is 2.67. The van der Waals surface area contributed by atoms with Gasteiger partial charge < -0.3 is 14.8 Å². The van der Waals surface area contributed by atoms with Crippen molar-refractivity contribution in [1.82, 2.24) is 10.3 Å². The summed E-state index contributed by atoms with van der Waals surface area (Å²) in [6.07, 6.45) is 0. The second-order valence-corrected chi connectivity index (χ2v) is 4.10. The van der Waals surface area contributed by atoms with E-state index in [2.05, 4.69) is 10.3 Å². The Morgan fingerprint density at radius 2 is 2.21 bits per heavy atom. The highest BCUT2D eigenvalue weighted by Gasteiger charge is 2.13. The van der Waals surface area contributed by atoms with E-state index in [0.717, 1.165) is 11.8 Å². The molecule has 0 saturated heterocycles. The van der Waals surface area contributed by atoms with E-state index < -0.39 is 11.7 Å². The summed E-state index contributed by atoms with van der Waals surface area (Å²) in [6, 6.07) is 3.35. The Labute approximate surface area is 109 Å². The molecule has 0 aliphatic heterocycles. The van der Waals surface area contributed by atoms with Gasteiger partial charge in [0, 0.05) is 6.07 Å². The highest BCUT2D eigenvalue weighted by molar-refractivity contribution is 5.94. The molecule has 6 heteroatoms. The fraction of sp³-hybridized carbons (Fsp3) is 0.231. The molecule has 1 heterocycles. The first-order chi connectivity index (χ1) is 8.97. The molecule has 1 aromatic heterocycles. The van der Waals surface area contributed by atoms with E-state index >= 15 is 0 Å². The molecule has 0 saturated carbocycles. The maximum atomic E-state index is 13.4. The Kier molecular flexibility index (Phi) is 3.50. The smallest absolute Gasteiger partial charge is 0.254 e. The van der Waals surface area contributed by atoms with Gasteiger partial charge in [0.1, 0.15) is 17.3 Å². The summed E-state index contributed by atoms with van der Waals surface area (Å²) in [6.45, 7) is 3.64. The summed E-state index contributed by atoms with van der Waals surface area (Å²) >= 11 is 0. The first kappa shape index (κ1) is 13.1. The number of nitrogens with one attached hydrogen (secondary N) is 1. The van der Waals surface area contributed by atoms with Gasteiger partial charge in [-0.15, -0.1) is 0 Å². The zero-order valence-electron chi connectivity index (χ0n) is 10.5. The standard InChI is InChI=1S/C13H13FN2O3/c1-7-8(2)19-12(16-7)6-15-13(18)10-4-3-9(17)5-11(10)14/h3-5,17H,6H2,1-2H3,(H,15,18). The normalized spacial score (nSPS) is 10.5. The molecule has 1 aromatic carbocycles. The lowest BCUT2D eigenvalue weighted by atomic mass is 10.2. The first-order valence-electron chi connectivity index (χ1n) is 5.67. The minimum atomic E-state index is -0.780. The van der Waals surface area contributed by atoms with Crippen molar-refractivity contribution in [2.45, 2.75) is 20.4 Å². The topological polar surface area (TPSA) is 75.4 Å². The molecule has 0 spiro atoms. The molecule has 0 aliphatic rings. The number of hydrogen-bond donors (Lipinski definition) is 2. The van der Waals surface area contributed by atoms with Crippen LogP contribution in [0.5, 0.6) is 5.75 Å². The lowest BCUT2D eigenvalue weighted by Crippen LogP contribution is -2.23. The van der Waals surface area contributed by atoms with Crippen LogP contribution in [0.4, 0.5) is 4.39 Å². The van der Waals surface area contributed by atoms with Crippen LogP contribution in [-0.2, 0) is 6.54 Å². The number of phenols is 1. The lowest BCUT2D eigenvalue weighted by Gasteiger charge is -2.04. The number of benzene rings is 1. The van der Waals surface area contributed by atoms with Gasteiger partial charge >= 0.3 is 0 Å². The minimum Gasteiger partial charge on any atom is -0.508 e. The van der Waals surface area contributed by atoms with Crippen molar-refractivity contribution >= 4 is 5.91 Å². The van der Waals surface area contributed by atoms with Crippen LogP contribution in [0.1, 0.15) is 27.7 Å². The largest absolute Gasteiger partial charge is 0.508 e. The van der Waals surface area contributed by atoms with Crippen molar-refractivity contribution in [1.29, 1.82) is 0 Å². The number of nitrogens with zero attached hydrogens (tertiary/aromatic N) is 1. The summed E-state index contributed by atoms with van der Waals surface area (Å²) < 4.78 is 18.7. The number of halogens is 1. The number of rotatable bonds is 3. The van der Waals surface area contributed by atoms with Crippen molar-refractivity contribution in [2.75, 3.05) is 0 Å². The second kappa shape index (κ2) is 5.09. The SMILES string of the molecule is Cc1nc(CNC(=O)c2ccc(O)cc2F)oc1C. The third kappa shape index (κ3) is 2.90. The quantitative estimate of drug-likeness (QED) is 0.889. The van der Waals surface area contributed by atoms with Gasteiger partial charge in [0.2, 0.25) is 5.89 Å². The highest BCUT2D eigenvalue weighted by Crippen LogP contribution is 2.15. The molecule has 0 fully saturated rings. The van der Waals surface area contributed by atoms with E-state index in [9.17, 15) is 9.18 Å². The summed E-state index contributed by atoms with van der Waals surface area (Å²) in [4.78, 5) is 15.8. The monoisotopic (exact) mass is 264 g/mol. The van der Waals surface area contributed by atoms with Gasteiger partial charge in [0.25, 0.3) is 5.91 Å². The number of hydrogen-bond acceptors (Lipinski definition) is 4. The molecule has 0 aliphatic carbocycles. The van der Waals surface area contributed by atoms with Gasteiger partial charge in [-0.05, 0) is 26.0 Å². The van der Waals surface area contributed by atoms with Gasteiger partial charge in [-0.25, -0.2) is 9.37 Å². The number of aromatic hydroxyl groups is 1. The number of carbonyl (C=O) groups excluding carboxylic acids is 1. The minimum absolute atomic E-state index is 0.0772. The van der Waals surface area contributed by atoms with E-state index in [1.165, 1.54) is 12.1 Å². The summed E-state index contributed by atoms with van der Waals surface area (Å²) in [7, 11) is 0. The van der Waals surface area contributed by atoms with Crippen molar-refractivity contribution in [3.8, 4) is 5.75 Å². The van der Waals surface area contributed by atoms with Crippen LogP contribution in [0.25, 0.3) is 0 Å². The fourth-order valence-electron chi connectivity index (χ4n) is 1.55.